The number of halogens is 2. The van der Waals surface area contributed by atoms with E-state index >= 15 is 0 Å². The summed E-state index contributed by atoms with van der Waals surface area (Å²) in [5.41, 5.74) is 3.46. The number of hydrogen-bond donors (Lipinski definition) is 0. The predicted octanol–water partition coefficient (Wildman–Crippen LogP) is 4.45. The third-order valence-electron chi connectivity index (χ3n) is 3.33. The summed E-state index contributed by atoms with van der Waals surface area (Å²) in [6.07, 6.45) is 0.330. The van der Waals surface area contributed by atoms with Gasteiger partial charge in [0.25, 0.3) is 0 Å². The molecule has 2 aromatic rings. The van der Waals surface area contributed by atoms with Crippen molar-refractivity contribution in [1.82, 2.24) is 0 Å². The van der Waals surface area contributed by atoms with Crippen LogP contribution in [0.2, 0.25) is 5.02 Å². The number of benzene rings is 2. The van der Waals surface area contributed by atoms with E-state index in [0.29, 0.717) is 11.4 Å². The molecule has 0 aliphatic heterocycles. The molecule has 0 radical (unpaired) electrons. The number of hydrogen-bond acceptors (Lipinski definition) is 1. The van der Waals surface area contributed by atoms with E-state index in [4.69, 9.17) is 11.6 Å². The van der Waals surface area contributed by atoms with Crippen molar-refractivity contribution in [2.24, 2.45) is 0 Å². The summed E-state index contributed by atoms with van der Waals surface area (Å²) in [5.74, 6) is -0.461. The first-order valence-corrected chi connectivity index (χ1v) is 6.86. The van der Waals surface area contributed by atoms with Gasteiger partial charge in [-0.15, -0.1) is 0 Å². The molecular weight excluding hydrogens is 275 g/mol. The lowest BCUT2D eigenvalue weighted by molar-refractivity contribution is -0.117. The Morgan fingerprint density at radius 3 is 2.60 bits per heavy atom. The Balaban J connectivity index is 2.15. The molecule has 0 saturated heterocycles. The maximum absolute atomic E-state index is 13.7. The number of carbonyl (C=O) groups is 1. The van der Waals surface area contributed by atoms with E-state index in [2.05, 4.69) is 0 Å². The Morgan fingerprint density at radius 1 is 1.15 bits per heavy atom. The zero-order valence-corrected chi connectivity index (χ0v) is 12.3. The molecule has 0 aliphatic carbocycles. The van der Waals surface area contributed by atoms with Gasteiger partial charge in [-0.2, -0.15) is 0 Å². The lowest BCUT2D eigenvalue weighted by atomic mass is 9.98. The van der Waals surface area contributed by atoms with Gasteiger partial charge in [-0.05, 0) is 37.1 Å². The monoisotopic (exact) mass is 290 g/mol. The first-order chi connectivity index (χ1) is 9.47. The van der Waals surface area contributed by atoms with Gasteiger partial charge in [0.1, 0.15) is 11.6 Å². The van der Waals surface area contributed by atoms with Crippen molar-refractivity contribution in [3.05, 3.63) is 69.5 Å². The summed E-state index contributed by atoms with van der Waals surface area (Å²) >= 11 is 5.94. The average Bonchev–Trinajstić information content (AvgIpc) is 2.38. The van der Waals surface area contributed by atoms with Gasteiger partial charge in [-0.1, -0.05) is 41.4 Å². The summed E-state index contributed by atoms with van der Waals surface area (Å²) in [7, 11) is 0. The van der Waals surface area contributed by atoms with Crippen LogP contribution in [-0.2, 0) is 17.6 Å². The average molecular weight is 291 g/mol. The molecule has 0 spiro atoms. The number of rotatable bonds is 4. The van der Waals surface area contributed by atoms with Crippen molar-refractivity contribution in [3.63, 3.8) is 0 Å². The second-order valence-corrected chi connectivity index (χ2v) is 5.43. The van der Waals surface area contributed by atoms with Gasteiger partial charge in [-0.25, -0.2) is 4.39 Å². The molecular formula is C17H16ClFO. The zero-order chi connectivity index (χ0) is 14.7. The highest BCUT2D eigenvalue weighted by atomic mass is 35.5. The molecule has 0 aliphatic rings. The Kier molecular flexibility index (Phi) is 4.56. The Bertz CT molecular complexity index is 629. The van der Waals surface area contributed by atoms with Gasteiger partial charge >= 0.3 is 0 Å². The summed E-state index contributed by atoms with van der Waals surface area (Å²) in [6.45, 7) is 3.96. The van der Waals surface area contributed by atoms with Gasteiger partial charge in [0.15, 0.2) is 0 Å². The van der Waals surface area contributed by atoms with Crippen molar-refractivity contribution in [3.8, 4) is 0 Å². The van der Waals surface area contributed by atoms with Gasteiger partial charge < -0.3 is 0 Å². The number of aryl methyl sites for hydroxylation is 2. The highest BCUT2D eigenvalue weighted by Gasteiger charge is 2.13. The number of ketones is 1. The number of carbonyl (C=O) groups excluding carboxylic acids is 1. The summed E-state index contributed by atoms with van der Waals surface area (Å²) in [5, 5.41) is 0.305. The normalized spacial score (nSPS) is 10.6. The fourth-order valence-corrected chi connectivity index (χ4v) is 2.39. The topological polar surface area (TPSA) is 17.1 Å². The molecule has 20 heavy (non-hydrogen) atoms. The third kappa shape index (κ3) is 3.45. The standard InChI is InChI=1S/C17H16ClFO/c1-11-6-7-12(2)13(8-11)9-14(20)10-15-16(18)4-3-5-17(15)19/h3-8H,9-10H2,1-2H3. The molecule has 0 saturated carbocycles. The van der Waals surface area contributed by atoms with Crippen LogP contribution >= 0.6 is 11.6 Å². The van der Waals surface area contributed by atoms with Crippen molar-refractivity contribution < 1.29 is 9.18 Å². The zero-order valence-electron chi connectivity index (χ0n) is 11.5. The first kappa shape index (κ1) is 14.7. The molecule has 0 aromatic heterocycles. The smallest absolute Gasteiger partial charge is 0.141 e. The highest BCUT2D eigenvalue weighted by Crippen LogP contribution is 2.21. The van der Waals surface area contributed by atoms with E-state index in [1.165, 1.54) is 12.1 Å². The molecule has 1 nitrogen and oxygen atoms in total. The van der Waals surface area contributed by atoms with Gasteiger partial charge in [0, 0.05) is 23.4 Å². The van der Waals surface area contributed by atoms with Gasteiger partial charge in [0.05, 0.1) is 0 Å². The molecule has 0 N–H and O–H groups in total. The lowest BCUT2D eigenvalue weighted by Gasteiger charge is -2.08. The summed E-state index contributed by atoms with van der Waals surface area (Å²) < 4.78 is 13.7. The Morgan fingerprint density at radius 2 is 1.90 bits per heavy atom. The van der Waals surface area contributed by atoms with Crippen LogP contribution in [0, 0.1) is 19.7 Å². The van der Waals surface area contributed by atoms with Crippen LogP contribution in [-0.4, -0.2) is 5.78 Å². The molecule has 3 heteroatoms. The highest BCUT2D eigenvalue weighted by molar-refractivity contribution is 6.31. The van der Waals surface area contributed by atoms with Crippen molar-refractivity contribution in [2.45, 2.75) is 26.7 Å². The SMILES string of the molecule is Cc1ccc(C)c(CC(=O)Cc2c(F)cccc2Cl)c1. The molecule has 0 atom stereocenters. The van der Waals surface area contributed by atoms with Crippen LogP contribution in [0.4, 0.5) is 4.39 Å². The molecule has 2 aromatic carbocycles. The Hall–Kier alpha value is -1.67. The predicted molar refractivity (Wildman–Crippen MR) is 79.7 cm³/mol. The van der Waals surface area contributed by atoms with Crippen molar-refractivity contribution in [1.29, 1.82) is 0 Å². The molecule has 0 amide bonds. The second kappa shape index (κ2) is 6.19. The van der Waals surface area contributed by atoms with Crippen LogP contribution in [0.5, 0.6) is 0 Å². The van der Waals surface area contributed by atoms with Crippen LogP contribution < -0.4 is 0 Å². The van der Waals surface area contributed by atoms with Crippen LogP contribution in [0.1, 0.15) is 22.3 Å². The molecule has 0 fully saturated rings. The molecule has 0 bridgehead atoms. The maximum Gasteiger partial charge on any atom is 0.141 e. The minimum Gasteiger partial charge on any atom is -0.299 e. The van der Waals surface area contributed by atoms with E-state index in [0.717, 1.165) is 16.7 Å². The fourth-order valence-electron chi connectivity index (χ4n) is 2.16. The largest absolute Gasteiger partial charge is 0.299 e. The van der Waals surface area contributed by atoms with Crippen LogP contribution in [0.25, 0.3) is 0 Å². The molecule has 0 unspecified atom stereocenters. The fraction of sp³-hybridized carbons (Fsp3) is 0.235. The number of Topliss-reactive ketones (excluding diaryl/α,β-unsaturated/α-hetero) is 1. The molecule has 104 valence electrons. The molecule has 0 heterocycles. The van der Waals surface area contributed by atoms with E-state index in [1.807, 2.05) is 32.0 Å². The van der Waals surface area contributed by atoms with Gasteiger partial charge in [-0.3, -0.25) is 4.79 Å². The van der Waals surface area contributed by atoms with E-state index in [-0.39, 0.29) is 17.8 Å². The second-order valence-electron chi connectivity index (χ2n) is 5.02. The van der Waals surface area contributed by atoms with Crippen LogP contribution in [0.15, 0.2) is 36.4 Å². The quantitative estimate of drug-likeness (QED) is 0.813. The first-order valence-electron chi connectivity index (χ1n) is 6.48. The van der Waals surface area contributed by atoms with E-state index in [9.17, 15) is 9.18 Å². The minimum atomic E-state index is -0.424. The van der Waals surface area contributed by atoms with E-state index < -0.39 is 5.82 Å². The minimum absolute atomic E-state index is 0.0267. The van der Waals surface area contributed by atoms with Crippen molar-refractivity contribution >= 4 is 17.4 Å². The molecule has 2 rings (SSSR count). The van der Waals surface area contributed by atoms with E-state index in [1.54, 1.807) is 6.07 Å². The van der Waals surface area contributed by atoms with Crippen LogP contribution in [0.3, 0.4) is 0 Å². The lowest BCUT2D eigenvalue weighted by Crippen LogP contribution is -2.09. The Labute approximate surface area is 123 Å². The third-order valence-corrected chi connectivity index (χ3v) is 3.68. The maximum atomic E-state index is 13.7. The summed E-state index contributed by atoms with van der Waals surface area (Å²) in [6, 6.07) is 10.5. The van der Waals surface area contributed by atoms with Crippen molar-refractivity contribution in [2.75, 3.05) is 0 Å². The van der Waals surface area contributed by atoms with Gasteiger partial charge in [0.2, 0.25) is 0 Å². The summed E-state index contributed by atoms with van der Waals surface area (Å²) in [4.78, 5) is 12.1.